The van der Waals surface area contributed by atoms with Crippen molar-refractivity contribution in [1.82, 2.24) is 0 Å². The largest absolute Gasteiger partial charge is 0.492 e. The lowest BCUT2D eigenvalue weighted by Crippen LogP contribution is -2.11. The third-order valence-electron chi connectivity index (χ3n) is 1.82. The maximum atomic E-state index is 7.04. The second-order valence-electron chi connectivity index (χ2n) is 3.17. The van der Waals surface area contributed by atoms with E-state index in [1.54, 1.807) is 6.07 Å². The van der Waals surface area contributed by atoms with Gasteiger partial charge in [0.25, 0.3) is 0 Å². The van der Waals surface area contributed by atoms with Gasteiger partial charge in [-0.3, -0.25) is 5.41 Å². The summed E-state index contributed by atoms with van der Waals surface area (Å²) in [6.45, 7) is 0.428. The van der Waals surface area contributed by atoms with E-state index in [0.717, 1.165) is 0 Å². The summed E-state index contributed by atoms with van der Waals surface area (Å²) in [5.41, 5.74) is 5.21. The van der Waals surface area contributed by atoms with Gasteiger partial charge in [0.15, 0.2) is 0 Å². The molecule has 0 radical (unpaired) electrons. The second kappa shape index (κ2) is 6.18. The number of hydrogen-bond acceptors (Lipinski definition) is 2. The Hall–Kier alpha value is -0.640. The van der Waals surface area contributed by atoms with E-state index >= 15 is 0 Å². The molecule has 1 aromatic carbocycles. The standard InChI is InChI=1S/C10H11Cl3N2O/c11-6-4-8(13)9(5-7(6)12)16-3-1-2-10(14)15/h4-5H,1-3H2,(H3,14,15). The fourth-order valence-electron chi connectivity index (χ4n) is 1.06. The van der Waals surface area contributed by atoms with Gasteiger partial charge < -0.3 is 10.5 Å². The van der Waals surface area contributed by atoms with Gasteiger partial charge in [0, 0.05) is 12.5 Å². The molecule has 0 unspecified atom stereocenters. The highest BCUT2D eigenvalue weighted by atomic mass is 35.5. The minimum Gasteiger partial charge on any atom is -0.492 e. The van der Waals surface area contributed by atoms with Crippen LogP contribution < -0.4 is 10.5 Å². The highest BCUT2D eigenvalue weighted by molar-refractivity contribution is 6.43. The predicted octanol–water partition coefficient (Wildman–Crippen LogP) is 3.74. The topological polar surface area (TPSA) is 59.1 Å². The van der Waals surface area contributed by atoms with Gasteiger partial charge in [0.05, 0.1) is 27.5 Å². The van der Waals surface area contributed by atoms with Crippen LogP contribution in [0.4, 0.5) is 0 Å². The smallest absolute Gasteiger partial charge is 0.139 e. The maximum absolute atomic E-state index is 7.04. The van der Waals surface area contributed by atoms with Gasteiger partial charge in [-0.2, -0.15) is 0 Å². The van der Waals surface area contributed by atoms with E-state index in [1.807, 2.05) is 0 Å². The monoisotopic (exact) mass is 280 g/mol. The summed E-state index contributed by atoms with van der Waals surface area (Å²) in [5.74, 6) is 0.628. The summed E-state index contributed by atoms with van der Waals surface area (Å²) in [7, 11) is 0. The van der Waals surface area contributed by atoms with Crippen LogP contribution in [0.3, 0.4) is 0 Å². The molecule has 0 saturated carbocycles. The number of nitrogens with one attached hydrogen (secondary N) is 1. The van der Waals surface area contributed by atoms with Gasteiger partial charge >= 0.3 is 0 Å². The highest BCUT2D eigenvalue weighted by Gasteiger charge is 2.06. The molecule has 88 valence electrons. The van der Waals surface area contributed by atoms with Crippen molar-refractivity contribution in [3.05, 3.63) is 27.2 Å². The molecular weight excluding hydrogens is 270 g/mol. The van der Waals surface area contributed by atoms with Crippen molar-refractivity contribution in [3.8, 4) is 5.75 Å². The first-order valence-electron chi connectivity index (χ1n) is 4.61. The van der Waals surface area contributed by atoms with Crippen molar-refractivity contribution >= 4 is 40.6 Å². The molecule has 0 aliphatic heterocycles. The van der Waals surface area contributed by atoms with E-state index < -0.39 is 0 Å². The highest BCUT2D eigenvalue weighted by Crippen LogP contribution is 2.33. The van der Waals surface area contributed by atoms with E-state index in [0.29, 0.717) is 40.3 Å². The van der Waals surface area contributed by atoms with Gasteiger partial charge in [-0.1, -0.05) is 34.8 Å². The van der Waals surface area contributed by atoms with E-state index in [-0.39, 0.29) is 5.84 Å². The second-order valence-corrected chi connectivity index (χ2v) is 4.40. The van der Waals surface area contributed by atoms with Crippen LogP contribution in [0.25, 0.3) is 0 Å². The minimum absolute atomic E-state index is 0.142. The van der Waals surface area contributed by atoms with Crippen molar-refractivity contribution in [2.45, 2.75) is 12.8 Å². The molecule has 1 rings (SSSR count). The molecule has 0 saturated heterocycles. The lowest BCUT2D eigenvalue weighted by atomic mass is 10.3. The lowest BCUT2D eigenvalue weighted by molar-refractivity contribution is 0.313. The predicted molar refractivity (Wildman–Crippen MR) is 68.1 cm³/mol. The summed E-state index contributed by atoms with van der Waals surface area (Å²) < 4.78 is 5.40. The number of rotatable bonds is 5. The van der Waals surface area contributed by atoms with Crippen molar-refractivity contribution < 1.29 is 4.74 Å². The summed E-state index contributed by atoms with van der Waals surface area (Å²) in [6, 6.07) is 3.10. The van der Waals surface area contributed by atoms with Gasteiger partial charge in [0.1, 0.15) is 5.75 Å². The quantitative estimate of drug-likeness (QED) is 0.374. The summed E-state index contributed by atoms with van der Waals surface area (Å²) in [5, 5.41) is 8.24. The van der Waals surface area contributed by atoms with Gasteiger partial charge in [-0.25, -0.2) is 0 Å². The van der Waals surface area contributed by atoms with Crippen LogP contribution in [0.15, 0.2) is 12.1 Å². The summed E-state index contributed by atoms with van der Waals surface area (Å²) >= 11 is 17.5. The number of benzene rings is 1. The molecule has 6 heteroatoms. The zero-order valence-corrected chi connectivity index (χ0v) is 10.7. The van der Waals surface area contributed by atoms with Crippen molar-refractivity contribution in [2.24, 2.45) is 5.73 Å². The average Bonchev–Trinajstić information content (AvgIpc) is 2.19. The Morgan fingerprint density at radius 2 is 1.81 bits per heavy atom. The van der Waals surface area contributed by atoms with E-state index in [9.17, 15) is 0 Å². The molecule has 0 bridgehead atoms. The molecule has 0 amide bonds. The zero-order valence-electron chi connectivity index (χ0n) is 8.40. The molecule has 0 aliphatic rings. The van der Waals surface area contributed by atoms with E-state index in [2.05, 4.69) is 0 Å². The Morgan fingerprint density at radius 1 is 1.19 bits per heavy atom. The molecule has 0 fully saturated rings. The van der Waals surface area contributed by atoms with Crippen molar-refractivity contribution in [2.75, 3.05) is 6.61 Å². The molecule has 0 heterocycles. The van der Waals surface area contributed by atoms with Crippen molar-refractivity contribution in [3.63, 3.8) is 0 Å². The Morgan fingerprint density at radius 3 is 2.44 bits per heavy atom. The van der Waals surface area contributed by atoms with Crippen LogP contribution in [0.1, 0.15) is 12.8 Å². The Balaban J connectivity index is 2.54. The third-order valence-corrected chi connectivity index (χ3v) is 2.84. The number of amidine groups is 1. The minimum atomic E-state index is 0.142. The Kier molecular flexibility index (Phi) is 5.19. The first kappa shape index (κ1) is 13.4. The van der Waals surface area contributed by atoms with Crippen LogP contribution in [0.2, 0.25) is 15.1 Å². The van der Waals surface area contributed by atoms with Gasteiger partial charge in [0.2, 0.25) is 0 Å². The fourth-order valence-corrected chi connectivity index (χ4v) is 1.65. The normalized spacial score (nSPS) is 10.2. The maximum Gasteiger partial charge on any atom is 0.139 e. The number of nitrogens with two attached hydrogens (primary N) is 1. The van der Waals surface area contributed by atoms with E-state index in [4.69, 9.17) is 50.7 Å². The van der Waals surface area contributed by atoms with Crippen LogP contribution in [0.5, 0.6) is 5.75 Å². The van der Waals surface area contributed by atoms with Crippen LogP contribution in [-0.4, -0.2) is 12.4 Å². The molecule has 3 N–H and O–H groups in total. The molecule has 16 heavy (non-hydrogen) atoms. The van der Waals surface area contributed by atoms with Crippen LogP contribution in [0, 0.1) is 5.41 Å². The Labute approximate surface area is 109 Å². The molecule has 0 spiro atoms. The molecule has 0 atom stereocenters. The van der Waals surface area contributed by atoms with Crippen LogP contribution >= 0.6 is 34.8 Å². The van der Waals surface area contributed by atoms with Gasteiger partial charge in [-0.15, -0.1) is 0 Å². The SMILES string of the molecule is N=C(N)CCCOc1cc(Cl)c(Cl)cc1Cl. The summed E-state index contributed by atoms with van der Waals surface area (Å²) in [6.07, 6.45) is 1.16. The van der Waals surface area contributed by atoms with E-state index in [1.165, 1.54) is 6.07 Å². The first-order valence-corrected chi connectivity index (χ1v) is 5.74. The van der Waals surface area contributed by atoms with Crippen LogP contribution in [-0.2, 0) is 0 Å². The fraction of sp³-hybridized carbons (Fsp3) is 0.300. The molecule has 0 aromatic heterocycles. The zero-order chi connectivity index (χ0) is 12.1. The first-order chi connectivity index (χ1) is 7.50. The molecular formula is C10H11Cl3N2O. The number of ether oxygens (including phenoxy) is 1. The van der Waals surface area contributed by atoms with Gasteiger partial charge in [-0.05, 0) is 12.5 Å². The van der Waals surface area contributed by atoms with Crippen molar-refractivity contribution in [1.29, 1.82) is 5.41 Å². The summed E-state index contributed by atoms with van der Waals surface area (Å²) in [4.78, 5) is 0. The third kappa shape index (κ3) is 4.08. The number of halogens is 3. The molecule has 0 aliphatic carbocycles. The molecule has 1 aromatic rings. The lowest BCUT2D eigenvalue weighted by Gasteiger charge is -2.08. The molecule has 3 nitrogen and oxygen atoms in total. The number of hydrogen-bond donors (Lipinski definition) is 2. The Bertz CT molecular complexity index is 396. The average molecular weight is 282 g/mol.